The van der Waals surface area contributed by atoms with Gasteiger partial charge >= 0.3 is 0 Å². The van der Waals surface area contributed by atoms with Crippen LogP contribution in [0.25, 0.3) is 10.2 Å². The first-order chi connectivity index (χ1) is 9.81. The molecular weight excluding hydrogens is 286 g/mol. The van der Waals surface area contributed by atoms with Gasteiger partial charge in [-0.25, -0.2) is 4.98 Å². The Morgan fingerprint density at radius 3 is 2.60 bits per heavy atom. The zero-order chi connectivity index (χ0) is 13.8. The van der Waals surface area contributed by atoms with Gasteiger partial charge in [0.2, 0.25) is 0 Å². The van der Waals surface area contributed by atoms with Crippen molar-refractivity contribution in [2.45, 2.75) is 6.54 Å². The van der Waals surface area contributed by atoms with Crippen LogP contribution in [0.2, 0.25) is 0 Å². The first kappa shape index (κ1) is 13.0. The number of hydrogen-bond donors (Lipinski definition) is 2. The maximum Gasteiger partial charge on any atom is 0.190 e. The number of nitrogens with one attached hydrogen (secondary N) is 2. The molecule has 0 bridgehead atoms. The number of fused-ring (bicyclic) bond motifs is 1. The van der Waals surface area contributed by atoms with E-state index in [9.17, 15) is 0 Å². The zero-order valence-corrected chi connectivity index (χ0v) is 12.3. The van der Waals surface area contributed by atoms with Crippen LogP contribution in [0.4, 0.5) is 5.13 Å². The summed E-state index contributed by atoms with van der Waals surface area (Å²) >= 11 is 6.88. The van der Waals surface area contributed by atoms with Gasteiger partial charge in [-0.05, 0) is 29.9 Å². The third-order valence-corrected chi connectivity index (χ3v) is 4.01. The van der Waals surface area contributed by atoms with Gasteiger partial charge in [-0.2, -0.15) is 0 Å². The van der Waals surface area contributed by atoms with E-state index in [2.05, 4.69) is 33.8 Å². The van der Waals surface area contributed by atoms with Gasteiger partial charge in [-0.3, -0.25) is 0 Å². The van der Waals surface area contributed by atoms with Crippen LogP contribution in [0.5, 0.6) is 0 Å². The molecular formula is C15H13N3S2. The molecule has 5 heteroatoms. The lowest BCUT2D eigenvalue weighted by atomic mass is 10.2. The predicted molar refractivity (Wildman–Crippen MR) is 89.1 cm³/mol. The van der Waals surface area contributed by atoms with E-state index in [0.29, 0.717) is 11.7 Å². The maximum absolute atomic E-state index is 5.28. The fraction of sp³-hybridized carbons (Fsp3) is 0.0667. The second-order valence-corrected chi connectivity index (χ2v) is 5.72. The first-order valence-corrected chi connectivity index (χ1v) is 7.48. The molecule has 0 aliphatic rings. The summed E-state index contributed by atoms with van der Waals surface area (Å²) in [5.74, 6) is 0. The number of nitrogens with zero attached hydrogens (tertiary/aromatic N) is 1. The molecule has 3 rings (SSSR count). The molecule has 2 aromatic carbocycles. The smallest absolute Gasteiger partial charge is 0.190 e. The van der Waals surface area contributed by atoms with Crippen molar-refractivity contribution < 1.29 is 0 Å². The van der Waals surface area contributed by atoms with Crippen molar-refractivity contribution >= 4 is 44.0 Å². The Hall–Kier alpha value is -1.98. The average molecular weight is 299 g/mol. The molecule has 0 radical (unpaired) electrons. The van der Waals surface area contributed by atoms with E-state index < -0.39 is 0 Å². The molecule has 0 fully saturated rings. The topological polar surface area (TPSA) is 37.0 Å². The van der Waals surface area contributed by atoms with Gasteiger partial charge in [0.1, 0.15) is 0 Å². The molecule has 1 aromatic heterocycles. The Balaban J connectivity index is 1.61. The fourth-order valence-electron chi connectivity index (χ4n) is 1.85. The summed E-state index contributed by atoms with van der Waals surface area (Å²) < 4.78 is 1.15. The third-order valence-electron chi connectivity index (χ3n) is 2.81. The molecule has 0 unspecified atom stereocenters. The van der Waals surface area contributed by atoms with Crippen molar-refractivity contribution in [2.24, 2.45) is 0 Å². The lowest BCUT2D eigenvalue weighted by Gasteiger charge is -2.07. The number of thiocarbonyl (C=S) groups is 1. The quantitative estimate of drug-likeness (QED) is 0.722. The number of rotatable bonds is 3. The van der Waals surface area contributed by atoms with Crippen molar-refractivity contribution in [3.63, 3.8) is 0 Å². The molecule has 0 spiro atoms. The molecule has 0 aliphatic carbocycles. The molecule has 0 saturated heterocycles. The Morgan fingerprint density at radius 1 is 1.05 bits per heavy atom. The molecule has 0 aliphatic heterocycles. The standard InChI is InChI=1S/C15H13N3S2/c19-14(16-10-11-6-2-1-3-7-11)18-15-17-12-8-4-5-9-13(12)20-15/h1-9H,10H2,(H2,16,17,18,19). The minimum atomic E-state index is 0.591. The van der Waals surface area contributed by atoms with Gasteiger partial charge in [0, 0.05) is 6.54 Å². The van der Waals surface area contributed by atoms with Crippen molar-refractivity contribution in [2.75, 3.05) is 5.32 Å². The molecule has 3 nitrogen and oxygen atoms in total. The summed E-state index contributed by atoms with van der Waals surface area (Å²) in [5.41, 5.74) is 2.19. The van der Waals surface area contributed by atoms with Crippen molar-refractivity contribution in [3.05, 3.63) is 60.2 Å². The summed E-state index contributed by atoms with van der Waals surface area (Å²) in [7, 11) is 0. The Morgan fingerprint density at radius 2 is 1.80 bits per heavy atom. The van der Waals surface area contributed by atoms with Crippen LogP contribution < -0.4 is 10.6 Å². The first-order valence-electron chi connectivity index (χ1n) is 6.25. The highest BCUT2D eigenvalue weighted by molar-refractivity contribution is 7.80. The van der Waals surface area contributed by atoms with Gasteiger partial charge in [-0.1, -0.05) is 53.8 Å². The van der Waals surface area contributed by atoms with E-state index in [1.165, 1.54) is 5.56 Å². The second-order valence-electron chi connectivity index (χ2n) is 4.28. The van der Waals surface area contributed by atoms with Gasteiger partial charge in [0.05, 0.1) is 10.2 Å². The minimum Gasteiger partial charge on any atom is -0.358 e. The van der Waals surface area contributed by atoms with E-state index in [4.69, 9.17) is 12.2 Å². The normalized spacial score (nSPS) is 10.4. The molecule has 0 saturated carbocycles. The zero-order valence-electron chi connectivity index (χ0n) is 10.7. The second kappa shape index (κ2) is 5.98. The molecule has 20 heavy (non-hydrogen) atoms. The SMILES string of the molecule is S=C(NCc1ccccc1)Nc1nc2ccccc2s1. The monoisotopic (exact) mass is 299 g/mol. The number of benzene rings is 2. The lowest BCUT2D eigenvalue weighted by Crippen LogP contribution is -2.27. The van der Waals surface area contributed by atoms with Gasteiger partial charge in [-0.15, -0.1) is 0 Å². The summed E-state index contributed by atoms with van der Waals surface area (Å²) in [5, 5.41) is 7.72. The molecule has 100 valence electrons. The van der Waals surface area contributed by atoms with Crippen LogP contribution in [0.1, 0.15) is 5.56 Å². The number of hydrogen-bond acceptors (Lipinski definition) is 3. The highest BCUT2D eigenvalue weighted by Crippen LogP contribution is 2.25. The van der Waals surface area contributed by atoms with Crippen LogP contribution in [-0.4, -0.2) is 10.1 Å². The number of para-hydroxylation sites is 1. The summed E-state index contributed by atoms with van der Waals surface area (Å²) in [6, 6.07) is 18.2. The van der Waals surface area contributed by atoms with Crippen LogP contribution in [-0.2, 0) is 6.54 Å². The Labute approximate surface area is 126 Å². The molecule has 0 amide bonds. The number of anilines is 1. The number of thiazole rings is 1. The van der Waals surface area contributed by atoms with E-state index in [-0.39, 0.29) is 0 Å². The molecule has 2 N–H and O–H groups in total. The third kappa shape index (κ3) is 3.12. The molecule has 0 atom stereocenters. The number of aromatic nitrogens is 1. The minimum absolute atomic E-state index is 0.591. The lowest BCUT2D eigenvalue weighted by molar-refractivity contribution is 0.926. The predicted octanol–water partition coefficient (Wildman–Crippen LogP) is 3.78. The fourth-order valence-corrected chi connectivity index (χ4v) is 2.95. The summed E-state index contributed by atoms with van der Waals surface area (Å²) in [4.78, 5) is 4.49. The van der Waals surface area contributed by atoms with Crippen LogP contribution in [0.15, 0.2) is 54.6 Å². The van der Waals surface area contributed by atoms with Crippen molar-refractivity contribution in [1.82, 2.24) is 10.3 Å². The van der Waals surface area contributed by atoms with E-state index >= 15 is 0 Å². The van der Waals surface area contributed by atoms with Crippen LogP contribution >= 0.6 is 23.6 Å². The Kier molecular flexibility index (Phi) is 3.90. The Bertz CT molecular complexity index is 689. The highest BCUT2D eigenvalue weighted by Gasteiger charge is 2.04. The van der Waals surface area contributed by atoms with Crippen LogP contribution in [0.3, 0.4) is 0 Å². The van der Waals surface area contributed by atoms with Crippen molar-refractivity contribution in [1.29, 1.82) is 0 Å². The van der Waals surface area contributed by atoms with E-state index in [0.717, 1.165) is 15.3 Å². The van der Waals surface area contributed by atoms with Gasteiger partial charge < -0.3 is 10.6 Å². The molecule has 1 heterocycles. The summed E-state index contributed by atoms with van der Waals surface area (Å²) in [6.45, 7) is 0.706. The van der Waals surface area contributed by atoms with Gasteiger partial charge in [0.15, 0.2) is 10.2 Å². The van der Waals surface area contributed by atoms with Gasteiger partial charge in [0.25, 0.3) is 0 Å². The van der Waals surface area contributed by atoms with E-state index in [1.807, 2.05) is 36.4 Å². The highest BCUT2D eigenvalue weighted by atomic mass is 32.1. The summed E-state index contributed by atoms with van der Waals surface area (Å²) in [6.07, 6.45) is 0. The average Bonchev–Trinajstić information content (AvgIpc) is 2.88. The van der Waals surface area contributed by atoms with Crippen LogP contribution in [0, 0.1) is 0 Å². The molecule has 3 aromatic rings. The van der Waals surface area contributed by atoms with E-state index in [1.54, 1.807) is 11.3 Å². The largest absolute Gasteiger partial charge is 0.358 e. The maximum atomic E-state index is 5.28. The van der Waals surface area contributed by atoms with Crippen molar-refractivity contribution in [3.8, 4) is 0 Å².